The molecule has 3 rings (SSSR count). The van der Waals surface area contributed by atoms with Crippen LogP contribution in [0.1, 0.15) is 26.2 Å². The summed E-state index contributed by atoms with van der Waals surface area (Å²) in [5.41, 5.74) is 1.92. The Kier molecular flexibility index (Phi) is 6.81. The Bertz CT molecular complexity index is 602. The van der Waals surface area contributed by atoms with Crippen molar-refractivity contribution in [2.75, 3.05) is 32.9 Å². The molecule has 3 heterocycles. The number of allylic oxidation sites excluding steroid dienone is 1. The number of nitrogens with zero attached hydrogens (tertiary/aromatic N) is 2. The van der Waals surface area contributed by atoms with E-state index >= 15 is 0 Å². The van der Waals surface area contributed by atoms with E-state index in [9.17, 15) is 9.59 Å². The zero-order valence-electron chi connectivity index (χ0n) is 15.5. The highest BCUT2D eigenvalue weighted by molar-refractivity contribution is 6.02. The number of nitrogens with one attached hydrogen (secondary N) is 1. The summed E-state index contributed by atoms with van der Waals surface area (Å²) in [5, 5.41) is 8.96. The molecule has 0 aliphatic carbocycles. The van der Waals surface area contributed by atoms with Crippen molar-refractivity contribution in [2.24, 2.45) is 16.8 Å². The normalized spacial score (nSPS) is 31.4. The van der Waals surface area contributed by atoms with Crippen molar-refractivity contribution in [3.63, 3.8) is 0 Å². The minimum Gasteiger partial charge on any atom is -0.447 e. The van der Waals surface area contributed by atoms with Gasteiger partial charge in [-0.05, 0) is 31.3 Å². The zero-order chi connectivity index (χ0) is 19.2. The van der Waals surface area contributed by atoms with Crippen molar-refractivity contribution in [1.82, 2.24) is 10.4 Å². The minimum atomic E-state index is -0.332. The fourth-order valence-electron chi connectivity index (χ4n) is 3.58. The maximum Gasteiger partial charge on any atom is 0.410 e. The fraction of sp³-hybridized carbons (Fsp3) is 0.722. The van der Waals surface area contributed by atoms with E-state index in [0.29, 0.717) is 32.7 Å². The van der Waals surface area contributed by atoms with Gasteiger partial charge >= 0.3 is 6.09 Å². The van der Waals surface area contributed by atoms with Crippen LogP contribution in [0.25, 0.3) is 0 Å². The average molecular weight is 381 g/mol. The number of carbonyl (C=O) groups is 2. The summed E-state index contributed by atoms with van der Waals surface area (Å²) in [6.07, 6.45) is 5.07. The molecule has 0 saturated carbocycles. The zero-order valence-corrected chi connectivity index (χ0v) is 15.5. The number of aliphatic imine (C=N–C) groups is 1. The van der Waals surface area contributed by atoms with Crippen molar-refractivity contribution in [1.29, 1.82) is 0 Å². The number of amidine groups is 1. The molecule has 150 valence electrons. The molecule has 0 aromatic carbocycles. The van der Waals surface area contributed by atoms with E-state index in [-0.39, 0.29) is 48.5 Å². The number of amides is 2. The van der Waals surface area contributed by atoms with Gasteiger partial charge in [-0.2, -0.15) is 4.99 Å². The molecule has 2 fully saturated rings. The van der Waals surface area contributed by atoms with Gasteiger partial charge in [-0.1, -0.05) is 13.0 Å². The maximum absolute atomic E-state index is 12.3. The van der Waals surface area contributed by atoms with Gasteiger partial charge in [0.1, 0.15) is 6.61 Å². The first kappa shape index (κ1) is 19.8. The summed E-state index contributed by atoms with van der Waals surface area (Å²) in [6.45, 7) is 4.34. The van der Waals surface area contributed by atoms with Crippen LogP contribution in [0, 0.1) is 11.8 Å². The van der Waals surface area contributed by atoms with E-state index in [2.05, 4.69) is 4.99 Å². The topological polar surface area (TPSA) is 110 Å². The molecule has 2 N–H and O–H groups in total. The van der Waals surface area contributed by atoms with E-state index in [1.54, 1.807) is 11.0 Å². The molecule has 9 heteroatoms. The molecule has 0 aromatic rings. The van der Waals surface area contributed by atoms with E-state index in [1.165, 1.54) is 0 Å². The second-order valence-electron chi connectivity index (χ2n) is 7.14. The maximum atomic E-state index is 12.3. The molecule has 2 saturated heterocycles. The third-order valence-electron chi connectivity index (χ3n) is 5.23. The Morgan fingerprint density at radius 3 is 2.85 bits per heavy atom. The largest absolute Gasteiger partial charge is 0.447 e. The van der Waals surface area contributed by atoms with Gasteiger partial charge < -0.3 is 19.1 Å². The molecule has 0 radical (unpaired) electrons. The van der Waals surface area contributed by atoms with E-state index in [0.717, 1.165) is 12.8 Å². The summed E-state index contributed by atoms with van der Waals surface area (Å²) in [6, 6.07) is 0. The van der Waals surface area contributed by atoms with Crippen LogP contribution >= 0.6 is 0 Å². The Hall–Kier alpha value is -1.97. The molecule has 9 nitrogen and oxygen atoms in total. The van der Waals surface area contributed by atoms with E-state index in [4.69, 9.17) is 19.4 Å². The first-order valence-corrected chi connectivity index (χ1v) is 9.42. The lowest BCUT2D eigenvalue weighted by Gasteiger charge is -2.26. The van der Waals surface area contributed by atoms with Crippen LogP contribution in [0.5, 0.6) is 0 Å². The Labute approximate surface area is 158 Å². The Balaban J connectivity index is 1.45. The number of hydrogen-bond acceptors (Lipinski definition) is 7. The summed E-state index contributed by atoms with van der Waals surface area (Å²) in [5.74, 6) is -0.426. The van der Waals surface area contributed by atoms with Crippen molar-refractivity contribution < 1.29 is 29.0 Å². The van der Waals surface area contributed by atoms with Gasteiger partial charge in [0.25, 0.3) is 5.91 Å². The second-order valence-corrected chi connectivity index (χ2v) is 7.14. The van der Waals surface area contributed by atoms with Crippen molar-refractivity contribution in [3.8, 4) is 0 Å². The number of hydrogen-bond donors (Lipinski definition) is 2. The average Bonchev–Trinajstić information content (AvgIpc) is 3.09. The highest BCUT2D eigenvalue weighted by atomic mass is 16.6. The Morgan fingerprint density at radius 1 is 1.37 bits per heavy atom. The van der Waals surface area contributed by atoms with Gasteiger partial charge in [-0.15, -0.1) is 0 Å². The number of morpholine rings is 1. The smallest absolute Gasteiger partial charge is 0.410 e. The van der Waals surface area contributed by atoms with Crippen LogP contribution in [0.4, 0.5) is 4.79 Å². The lowest BCUT2D eigenvalue weighted by Crippen LogP contribution is -2.41. The number of rotatable bonds is 4. The van der Waals surface area contributed by atoms with Gasteiger partial charge in [0.2, 0.25) is 0 Å². The molecule has 0 spiro atoms. The molecule has 27 heavy (non-hydrogen) atoms. The standard InChI is InChI=1S/C18H27N3O6/c1-12-2-5-16(20-24)19-17(22)15(12)10-13-3-4-14(27-13)11-26-18(23)21-6-8-25-9-7-21/h2,5,12-15,24H,3-4,6-11H2,1H3,(H,19,20,22)/t12?,13-,14+,15?/m1/s1. The van der Waals surface area contributed by atoms with Crippen LogP contribution in [0.3, 0.4) is 0 Å². The lowest BCUT2D eigenvalue weighted by molar-refractivity contribution is -0.124. The first-order chi connectivity index (χ1) is 13.1. The van der Waals surface area contributed by atoms with E-state index in [1.807, 2.05) is 18.5 Å². The van der Waals surface area contributed by atoms with Crippen molar-refractivity contribution >= 4 is 17.8 Å². The summed E-state index contributed by atoms with van der Waals surface area (Å²) in [7, 11) is 0. The van der Waals surface area contributed by atoms with Gasteiger partial charge in [0.15, 0.2) is 5.84 Å². The molecule has 0 bridgehead atoms. The van der Waals surface area contributed by atoms with E-state index < -0.39 is 0 Å². The van der Waals surface area contributed by atoms with Crippen molar-refractivity contribution in [3.05, 3.63) is 12.2 Å². The fourth-order valence-corrected chi connectivity index (χ4v) is 3.58. The minimum absolute atomic E-state index is 0.00565. The summed E-state index contributed by atoms with van der Waals surface area (Å²) < 4.78 is 16.6. The highest BCUT2D eigenvalue weighted by Crippen LogP contribution is 2.30. The quantitative estimate of drug-likeness (QED) is 0.702. The summed E-state index contributed by atoms with van der Waals surface area (Å²) >= 11 is 0. The van der Waals surface area contributed by atoms with Crippen molar-refractivity contribution in [2.45, 2.75) is 38.4 Å². The highest BCUT2D eigenvalue weighted by Gasteiger charge is 2.34. The number of carbonyl (C=O) groups excluding carboxylic acids is 2. The van der Waals surface area contributed by atoms with Crippen LogP contribution in [-0.2, 0) is 19.0 Å². The first-order valence-electron chi connectivity index (χ1n) is 9.42. The monoisotopic (exact) mass is 381 g/mol. The third-order valence-corrected chi connectivity index (χ3v) is 5.23. The number of hydroxylamine groups is 1. The van der Waals surface area contributed by atoms with Gasteiger partial charge in [-0.25, -0.2) is 4.79 Å². The van der Waals surface area contributed by atoms with Gasteiger partial charge in [-0.3, -0.25) is 15.5 Å². The molecule has 0 aromatic heterocycles. The molecule has 4 atom stereocenters. The van der Waals surface area contributed by atoms with Gasteiger partial charge in [0.05, 0.1) is 25.4 Å². The lowest BCUT2D eigenvalue weighted by atomic mass is 9.87. The molecular weight excluding hydrogens is 354 g/mol. The Morgan fingerprint density at radius 2 is 2.11 bits per heavy atom. The van der Waals surface area contributed by atoms with Crippen LogP contribution in [0.15, 0.2) is 17.1 Å². The predicted octanol–water partition coefficient (Wildman–Crippen LogP) is 1.12. The molecule has 3 aliphatic rings. The molecule has 2 amide bonds. The predicted molar refractivity (Wildman–Crippen MR) is 95.4 cm³/mol. The molecule has 2 unspecified atom stereocenters. The SMILES string of the molecule is CC1C=CC(NO)=NC(=O)C1C[C@H]1CC[C@@H](COC(=O)N2CCOCC2)O1. The second kappa shape index (κ2) is 9.29. The van der Waals surface area contributed by atoms with Crippen LogP contribution in [0.2, 0.25) is 0 Å². The third kappa shape index (κ3) is 5.27. The molecular formula is C18H27N3O6. The van der Waals surface area contributed by atoms with Crippen LogP contribution in [-0.4, -0.2) is 73.1 Å². The summed E-state index contributed by atoms with van der Waals surface area (Å²) in [4.78, 5) is 29.9. The number of ether oxygens (including phenoxy) is 3. The molecule has 3 aliphatic heterocycles. The van der Waals surface area contributed by atoms with Crippen LogP contribution < -0.4 is 5.48 Å². The van der Waals surface area contributed by atoms with Gasteiger partial charge in [0, 0.05) is 19.0 Å².